The third-order valence-corrected chi connectivity index (χ3v) is 2.40. The maximum atomic E-state index is 13.2. The van der Waals surface area contributed by atoms with Crippen molar-refractivity contribution in [2.45, 2.75) is 0 Å². The van der Waals surface area contributed by atoms with Crippen LogP contribution in [0.25, 0.3) is 12.2 Å². The lowest BCUT2D eigenvalue weighted by atomic mass is 10.1. The third kappa shape index (κ3) is 3.18. The molecular weight excluding hydrogens is 215 g/mol. The molecule has 2 aromatic rings. The highest BCUT2D eigenvalue weighted by molar-refractivity contribution is 5.70. The zero-order valence-corrected chi connectivity index (χ0v) is 9.56. The Morgan fingerprint density at radius 3 is 2.35 bits per heavy atom. The Morgan fingerprint density at radius 2 is 1.65 bits per heavy atom. The van der Waals surface area contributed by atoms with Crippen molar-refractivity contribution in [2.75, 3.05) is 7.11 Å². The largest absolute Gasteiger partial charge is 0.497 e. The van der Waals surface area contributed by atoms with Crippen LogP contribution in [0.3, 0.4) is 0 Å². The molecule has 0 amide bonds. The van der Waals surface area contributed by atoms with Crippen LogP contribution >= 0.6 is 0 Å². The fourth-order valence-electron chi connectivity index (χ4n) is 1.56. The van der Waals surface area contributed by atoms with Crippen LogP contribution in [0.2, 0.25) is 0 Å². The maximum absolute atomic E-state index is 13.2. The highest BCUT2D eigenvalue weighted by Crippen LogP contribution is 2.17. The summed E-state index contributed by atoms with van der Waals surface area (Å²) in [5.41, 5.74) is 1.86. The number of halogens is 1. The van der Waals surface area contributed by atoms with Gasteiger partial charge in [0.05, 0.1) is 7.11 Å². The van der Waals surface area contributed by atoms with Crippen LogP contribution in [0, 0.1) is 5.82 Å². The van der Waals surface area contributed by atoms with Crippen LogP contribution in [-0.2, 0) is 0 Å². The number of hydrogen-bond donors (Lipinski definition) is 0. The maximum Gasteiger partial charge on any atom is 0.127 e. The molecule has 17 heavy (non-hydrogen) atoms. The van der Waals surface area contributed by atoms with Gasteiger partial charge in [-0.2, -0.15) is 0 Å². The second-order valence-electron chi connectivity index (χ2n) is 3.67. The molecule has 0 aliphatic heterocycles. The van der Waals surface area contributed by atoms with Gasteiger partial charge in [0.2, 0.25) is 0 Å². The molecule has 0 unspecified atom stereocenters. The fourth-order valence-corrected chi connectivity index (χ4v) is 1.56. The molecule has 2 aromatic carbocycles. The quantitative estimate of drug-likeness (QED) is 0.721. The van der Waals surface area contributed by atoms with Gasteiger partial charge >= 0.3 is 0 Å². The molecule has 0 radical (unpaired) electrons. The van der Waals surface area contributed by atoms with Gasteiger partial charge < -0.3 is 4.74 Å². The van der Waals surface area contributed by atoms with E-state index in [4.69, 9.17) is 4.74 Å². The molecule has 2 heteroatoms. The molecule has 0 aliphatic carbocycles. The molecule has 86 valence electrons. The van der Waals surface area contributed by atoms with E-state index in [1.807, 2.05) is 42.5 Å². The van der Waals surface area contributed by atoms with Crippen LogP contribution in [0.5, 0.6) is 5.75 Å². The van der Waals surface area contributed by atoms with Crippen LogP contribution in [0.1, 0.15) is 11.1 Å². The lowest BCUT2D eigenvalue weighted by molar-refractivity contribution is 0.411. The van der Waals surface area contributed by atoms with Crippen molar-refractivity contribution in [2.24, 2.45) is 0 Å². The Balaban J connectivity index is 2.24. The summed E-state index contributed by atoms with van der Waals surface area (Å²) in [6.07, 6.45) is 3.80. The lowest BCUT2D eigenvalue weighted by Gasteiger charge is -2.01. The van der Waals surface area contributed by atoms with E-state index in [1.165, 1.54) is 19.2 Å². The average Bonchev–Trinajstić information content (AvgIpc) is 2.37. The van der Waals surface area contributed by atoms with E-state index in [0.717, 1.165) is 11.1 Å². The second-order valence-corrected chi connectivity index (χ2v) is 3.67. The monoisotopic (exact) mass is 228 g/mol. The van der Waals surface area contributed by atoms with Crippen molar-refractivity contribution in [1.29, 1.82) is 0 Å². The third-order valence-electron chi connectivity index (χ3n) is 2.40. The zero-order valence-electron chi connectivity index (χ0n) is 9.56. The molecule has 0 aliphatic rings. The summed E-state index contributed by atoms with van der Waals surface area (Å²) in [5, 5.41) is 0. The standard InChI is InChI=1S/C15H13FO/c1-17-15-10-13(9-14(16)11-15)8-7-12-5-3-2-4-6-12/h2-11H,1H3. The Kier molecular flexibility index (Phi) is 3.55. The number of benzene rings is 2. The van der Waals surface area contributed by atoms with E-state index >= 15 is 0 Å². The molecular formula is C15H13FO. The minimum Gasteiger partial charge on any atom is -0.497 e. The molecule has 0 atom stereocenters. The van der Waals surface area contributed by atoms with Gasteiger partial charge in [0.25, 0.3) is 0 Å². The van der Waals surface area contributed by atoms with Crippen LogP contribution < -0.4 is 4.74 Å². The summed E-state index contributed by atoms with van der Waals surface area (Å²) in [6.45, 7) is 0. The van der Waals surface area contributed by atoms with Crippen molar-refractivity contribution >= 4 is 12.2 Å². The first-order valence-corrected chi connectivity index (χ1v) is 5.35. The number of hydrogen-bond acceptors (Lipinski definition) is 1. The van der Waals surface area contributed by atoms with Gasteiger partial charge in [-0.15, -0.1) is 0 Å². The second kappa shape index (κ2) is 5.30. The first-order valence-electron chi connectivity index (χ1n) is 5.35. The summed E-state index contributed by atoms with van der Waals surface area (Å²) < 4.78 is 18.2. The van der Waals surface area contributed by atoms with E-state index in [-0.39, 0.29) is 5.82 Å². The predicted octanol–water partition coefficient (Wildman–Crippen LogP) is 4.00. The molecule has 0 heterocycles. The smallest absolute Gasteiger partial charge is 0.127 e. The van der Waals surface area contributed by atoms with Gasteiger partial charge in [-0.25, -0.2) is 4.39 Å². The van der Waals surface area contributed by atoms with Crippen molar-refractivity contribution in [3.8, 4) is 5.75 Å². The summed E-state index contributed by atoms with van der Waals surface area (Å²) in [5.74, 6) is 0.231. The molecule has 2 rings (SSSR count). The molecule has 0 aromatic heterocycles. The Morgan fingerprint density at radius 1 is 0.941 bits per heavy atom. The normalized spacial score (nSPS) is 10.7. The van der Waals surface area contributed by atoms with Crippen molar-refractivity contribution < 1.29 is 9.13 Å². The van der Waals surface area contributed by atoms with Crippen molar-refractivity contribution in [1.82, 2.24) is 0 Å². The van der Waals surface area contributed by atoms with Gasteiger partial charge in [-0.05, 0) is 23.3 Å². The SMILES string of the molecule is COc1cc(F)cc(C=Cc2ccccc2)c1. The number of methoxy groups -OCH3 is 1. The average molecular weight is 228 g/mol. The summed E-state index contributed by atoms with van der Waals surface area (Å²) >= 11 is 0. The number of rotatable bonds is 3. The van der Waals surface area contributed by atoms with Crippen molar-refractivity contribution in [3.63, 3.8) is 0 Å². The summed E-state index contributed by atoms with van der Waals surface area (Å²) in [7, 11) is 1.53. The van der Waals surface area contributed by atoms with E-state index in [2.05, 4.69) is 0 Å². The number of ether oxygens (including phenoxy) is 1. The van der Waals surface area contributed by atoms with E-state index in [0.29, 0.717) is 5.75 Å². The fraction of sp³-hybridized carbons (Fsp3) is 0.0667. The van der Waals surface area contributed by atoms with Crippen LogP contribution in [0.4, 0.5) is 4.39 Å². The zero-order chi connectivity index (χ0) is 12.1. The first-order chi connectivity index (χ1) is 8.28. The Hall–Kier alpha value is -2.09. The van der Waals surface area contributed by atoms with E-state index < -0.39 is 0 Å². The van der Waals surface area contributed by atoms with Gasteiger partial charge in [0.15, 0.2) is 0 Å². The molecule has 0 bridgehead atoms. The summed E-state index contributed by atoms with van der Waals surface area (Å²) in [4.78, 5) is 0. The molecule has 0 spiro atoms. The van der Waals surface area contributed by atoms with Gasteiger partial charge in [0, 0.05) is 6.07 Å². The molecule has 0 saturated carbocycles. The Labute approximate surface area is 100 Å². The highest BCUT2D eigenvalue weighted by atomic mass is 19.1. The minimum absolute atomic E-state index is 0.294. The minimum atomic E-state index is -0.294. The van der Waals surface area contributed by atoms with Gasteiger partial charge in [-0.1, -0.05) is 42.5 Å². The first kappa shape index (κ1) is 11.4. The summed E-state index contributed by atoms with van der Waals surface area (Å²) in [6, 6.07) is 14.5. The van der Waals surface area contributed by atoms with Crippen molar-refractivity contribution in [3.05, 3.63) is 65.5 Å². The Bertz CT molecular complexity index is 518. The molecule has 0 fully saturated rings. The predicted molar refractivity (Wildman–Crippen MR) is 68.3 cm³/mol. The topological polar surface area (TPSA) is 9.23 Å². The molecule has 0 saturated heterocycles. The van der Waals surface area contributed by atoms with E-state index in [1.54, 1.807) is 6.07 Å². The molecule has 0 N–H and O–H groups in total. The van der Waals surface area contributed by atoms with Gasteiger partial charge in [-0.3, -0.25) is 0 Å². The molecule has 1 nitrogen and oxygen atoms in total. The highest BCUT2D eigenvalue weighted by Gasteiger charge is 1.98. The van der Waals surface area contributed by atoms with Gasteiger partial charge in [0.1, 0.15) is 11.6 Å². The van der Waals surface area contributed by atoms with Crippen LogP contribution in [0.15, 0.2) is 48.5 Å². The van der Waals surface area contributed by atoms with E-state index in [9.17, 15) is 4.39 Å². The van der Waals surface area contributed by atoms with Crippen LogP contribution in [-0.4, -0.2) is 7.11 Å². The lowest BCUT2D eigenvalue weighted by Crippen LogP contribution is -1.85.